The van der Waals surface area contributed by atoms with Crippen LogP contribution in [0.1, 0.15) is 34.5 Å². The van der Waals surface area contributed by atoms with Gasteiger partial charge in [-0.3, -0.25) is 4.79 Å². The molecule has 2 saturated heterocycles. The molecule has 28 heavy (non-hydrogen) atoms. The predicted octanol–water partition coefficient (Wildman–Crippen LogP) is 3.18. The Morgan fingerprint density at radius 3 is 2.50 bits per heavy atom. The van der Waals surface area contributed by atoms with Crippen molar-refractivity contribution in [3.8, 4) is 5.69 Å². The molecule has 2 aliphatic rings. The number of ether oxygens (including phenoxy) is 2. The van der Waals surface area contributed by atoms with Crippen molar-refractivity contribution in [3.05, 3.63) is 47.3 Å². The first-order valence-corrected chi connectivity index (χ1v) is 9.09. The second-order valence-corrected chi connectivity index (χ2v) is 7.00. The van der Waals surface area contributed by atoms with Gasteiger partial charge in [0.2, 0.25) is 0 Å². The van der Waals surface area contributed by atoms with Gasteiger partial charge >= 0.3 is 6.18 Å². The number of rotatable bonds is 2. The lowest BCUT2D eigenvalue weighted by Gasteiger charge is -2.37. The summed E-state index contributed by atoms with van der Waals surface area (Å²) >= 11 is 0. The number of alkyl halides is 3. The van der Waals surface area contributed by atoms with Gasteiger partial charge in [-0.25, -0.2) is 4.68 Å². The summed E-state index contributed by atoms with van der Waals surface area (Å²) in [6.07, 6.45) is -1.84. The van der Waals surface area contributed by atoms with Gasteiger partial charge in [-0.1, -0.05) is 6.07 Å². The van der Waals surface area contributed by atoms with Crippen LogP contribution in [0.25, 0.3) is 5.69 Å². The Hall–Kier alpha value is -2.39. The van der Waals surface area contributed by atoms with Crippen molar-refractivity contribution in [2.45, 2.75) is 31.7 Å². The van der Waals surface area contributed by atoms with Crippen LogP contribution in [0.15, 0.2) is 30.5 Å². The molecule has 0 saturated carbocycles. The van der Waals surface area contributed by atoms with E-state index < -0.39 is 17.5 Å². The van der Waals surface area contributed by atoms with Crippen molar-refractivity contribution in [2.24, 2.45) is 0 Å². The Morgan fingerprint density at radius 2 is 1.86 bits per heavy atom. The molecule has 9 heteroatoms. The average molecular weight is 395 g/mol. The van der Waals surface area contributed by atoms with E-state index in [2.05, 4.69) is 5.10 Å². The van der Waals surface area contributed by atoms with Crippen molar-refractivity contribution < 1.29 is 27.4 Å². The van der Waals surface area contributed by atoms with E-state index in [0.717, 1.165) is 12.1 Å². The molecular weight excluding hydrogens is 375 g/mol. The van der Waals surface area contributed by atoms with E-state index in [4.69, 9.17) is 9.47 Å². The predicted molar refractivity (Wildman–Crippen MR) is 93.1 cm³/mol. The molecule has 150 valence electrons. The molecule has 3 heterocycles. The average Bonchev–Trinajstić information content (AvgIpc) is 3.28. The van der Waals surface area contributed by atoms with Gasteiger partial charge in [0, 0.05) is 25.9 Å². The molecule has 4 rings (SSSR count). The van der Waals surface area contributed by atoms with E-state index in [-0.39, 0.29) is 11.6 Å². The van der Waals surface area contributed by atoms with E-state index in [1.54, 1.807) is 11.8 Å². The standard InChI is InChI=1S/C19H20F3N3O3/c1-13-16(17(26)24-7-5-18(6-8-24)27-9-10-28-18)12-23-25(13)15-4-2-3-14(11-15)19(20,21)22/h2-4,11-12H,5-10H2,1H3. The molecule has 6 nitrogen and oxygen atoms in total. The molecule has 0 aliphatic carbocycles. The van der Waals surface area contributed by atoms with Gasteiger partial charge < -0.3 is 14.4 Å². The summed E-state index contributed by atoms with van der Waals surface area (Å²) in [5.41, 5.74) is 0.377. The molecule has 0 unspecified atom stereocenters. The maximum absolute atomic E-state index is 13.0. The lowest BCUT2D eigenvalue weighted by molar-refractivity contribution is -0.181. The number of likely N-dealkylation sites (tertiary alicyclic amines) is 1. The first-order valence-electron chi connectivity index (χ1n) is 9.09. The summed E-state index contributed by atoms with van der Waals surface area (Å²) in [5, 5.41) is 4.15. The third-order valence-corrected chi connectivity index (χ3v) is 5.28. The Morgan fingerprint density at radius 1 is 1.18 bits per heavy atom. The third kappa shape index (κ3) is 3.40. The number of amides is 1. The minimum Gasteiger partial charge on any atom is -0.347 e. The second kappa shape index (κ2) is 6.89. The van der Waals surface area contributed by atoms with Gasteiger partial charge in [-0.05, 0) is 25.1 Å². The molecule has 0 atom stereocenters. The third-order valence-electron chi connectivity index (χ3n) is 5.28. The minimum absolute atomic E-state index is 0.191. The Balaban J connectivity index is 1.53. The summed E-state index contributed by atoms with van der Waals surface area (Å²) in [5.74, 6) is -0.766. The number of hydrogen-bond acceptors (Lipinski definition) is 4. The number of piperidine rings is 1. The molecule has 1 spiro atoms. The molecule has 0 radical (unpaired) electrons. The number of halogens is 3. The molecule has 0 N–H and O–H groups in total. The SMILES string of the molecule is Cc1c(C(=O)N2CCC3(CC2)OCCO3)cnn1-c1cccc(C(F)(F)F)c1. The number of nitrogens with zero attached hydrogens (tertiary/aromatic N) is 3. The Bertz CT molecular complexity index is 878. The van der Waals surface area contributed by atoms with Gasteiger partial charge in [0.05, 0.1) is 41.9 Å². The summed E-state index contributed by atoms with van der Waals surface area (Å²) in [6, 6.07) is 4.88. The first kappa shape index (κ1) is 18.9. The number of carbonyl (C=O) groups excluding carboxylic acids is 1. The van der Waals surface area contributed by atoms with Crippen LogP contribution in [-0.2, 0) is 15.7 Å². The first-order chi connectivity index (χ1) is 13.3. The van der Waals surface area contributed by atoms with Crippen LogP contribution in [-0.4, -0.2) is 52.7 Å². The highest BCUT2D eigenvalue weighted by atomic mass is 19.4. The van der Waals surface area contributed by atoms with Gasteiger partial charge in [0.25, 0.3) is 5.91 Å². The fourth-order valence-corrected chi connectivity index (χ4v) is 3.70. The van der Waals surface area contributed by atoms with Crippen molar-refractivity contribution >= 4 is 5.91 Å². The number of hydrogen-bond donors (Lipinski definition) is 0. The molecule has 2 aliphatic heterocycles. The van der Waals surface area contributed by atoms with Crippen molar-refractivity contribution in [1.29, 1.82) is 0 Å². The van der Waals surface area contributed by atoms with Crippen LogP contribution in [0.2, 0.25) is 0 Å². The quantitative estimate of drug-likeness (QED) is 0.784. The molecule has 1 aromatic heterocycles. The number of benzene rings is 1. The van der Waals surface area contributed by atoms with E-state index in [1.165, 1.54) is 23.0 Å². The summed E-state index contributed by atoms with van der Waals surface area (Å²) in [6.45, 7) is 3.79. The minimum atomic E-state index is -4.44. The van der Waals surface area contributed by atoms with Crippen LogP contribution in [0.4, 0.5) is 13.2 Å². The smallest absolute Gasteiger partial charge is 0.347 e. The van der Waals surface area contributed by atoms with Crippen LogP contribution < -0.4 is 0 Å². The maximum atomic E-state index is 13.0. The van der Waals surface area contributed by atoms with E-state index in [1.807, 2.05) is 0 Å². The lowest BCUT2D eigenvalue weighted by Crippen LogP contribution is -2.47. The second-order valence-electron chi connectivity index (χ2n) is 7.00. The summed E-state index contributed by atoms with van der Waals surface area (Å²) < 4.78 is 51.6. The van der Waals surface area contributed by atoms with Gasteiger partial charge in [0.15, 0.2) is 5.79 Å². The molecule has 2 fully saturated rings. The molecular formula is C19H20F3N3O3. The lowest BCUT2D eigenvalue weighted by atomic mass is 10.0. The molecule has 2 aromatic rings. The Labute approximate surface area is 159 Å². The van der Waals surface area contributed by atoms with Crippen LogP contribution in [0.5, 0.6) is 0 Å². The van der Waals surface area contributed by atoms with Crippen LogP contribution >= 0.6 is 0 Å². The van der Waals surface area contributed by atoms with Crippen LogP contribution in [0.3, 0.4) is 0 Å². The zero-order valence-corrected chi connectivity index (χ0v) is 15.3. The zero-order chi connectivity index (χ0) is 19.9. The highest BCUT2D eigenvalue weighted by molar-refractivity contribution is 5.95. The van der Waals surface area contributed by atoms with Gasteiger partial charge in [-0.15, -0.1) is 0 Å². The summed E-state index contributed by atoms with van der Waals surface area (Å²) in [4.78, 5) is 14.6. The van der Waals surface area contributed by atoms with Crippen molar-refractivity contribution in [3.63, 3.8) is 0 Å². The Kier molecular flexibility index (Phi) is 4.67. The summed E-state index contributed by atoms with van der Waals surface area (Å²) in [7, 11) is 0. The van der Waals surface area contributed by atoms with Gasteiger partial charge in [0.1, 0.15) is 0 Å². The normalized spacial score (nSPS) is 19.4. The fourth-order valence-electron chi connectivity index (χ4n) is 3.70. The fraction of sp³-hybridized carbons (Fsp3) is 0.474. The van der Waals surface area contributed by atoms with Gasteiger partial charge in [-0.2, -0.15) is 18.3 Å². The number of aromatic nitrogens is 2. The highest BCUT2D eigenvalue weighted by Crippen LogP contribution is 2.33. The van der Waals surface area contributed by atoms with Crippen LogP contribution in [0, 0.1) is 6.92 Å². The molecule has 0 bridgehead atoms. The largest absolute Gasteiger partial charge is 0.416 e. The van der Waals surface area contributed by atoms with E-state index in [9.17, 15) is 18.0 Å². The number of carbonyl (C=O) groups is 1. The van der Waals surface area contributed by atoms with Crippen molar-refractivity contribution in [1.82, 2.24) is 14.7 Å². The topological polar surface area (TPSA) is 56.6 Å². The highest BCUT2D eigenvalue weighted by Gasteiger charge is 2.41. The van der Waals surface area contributed by atoms with Crippen molar-refractivity contribution in [2.75, 3.05) is 26.3 Å². The maximum Gasteiger partial charge on any atom is 0.416 e. The zero-order valence-electron chi connectivity index (χ0n) is 15.3. The van der Waals surface area contributed by atoms with E-state index >= 15 is 0 Å². The molecule has 1 aromatic carbocycles. The molecule has 1 amide bonds. The monoisotopic (exact) mass is 395 g/mol. The van der Waals surface area contributed by atoms with E-state index in [0.29, 0.717) is 50.4 Å².